The minimum atomic E-state index is -1.22. The second kappa shape index (κ2) is 11.8. The van der Waals surface area contributed by atoms with Gasteiger partial charge in [-0.15, -0.1) is 23.5 Å². The Bertz CT molecular complexity index is 1120. The third kappa shape index (κ3) is 6.06. The molecular formula is C24H26N3NaO5S2. The third-order valence-corrected chi connectivity index (χ3v) is 7.97. The summed E-state index contributed by atoms with van der Waals surface area (Å²) in [5.41, 5.74) is 1.73. The number of β-lactam (4-membered cyclic amide) rings is 1. The van der Waals surface area contributed by atoms with Gasteiger partial charge in [-0.05, 0) is 37.1 Å². The number of hydrogen-bond donors (Lipinski definition) is 2. The van der Waals surface area contributed by atoms with E-state index in [0.717, 1.165) is 10.5 Å². The van der Waals surface area contributed by atoms with Gasteiger partial charge in [-0.3, -0.25) is 19.3 Å². The summed E-state index contributed by atoms with van der Waals surface area (Å²) in [7, 11) is 0. The number of aliphatic carboxylic acids is 1. The van der Waals surface area contributed by atoms with E-state index >= 15 is 0 Å². The first kappa shape index (κ1) is 27.6. The van der Waals surface area contributed by atoms with Crippen LogP contribution in [0.4, 0.5) is 0 Å². The van der Waals surface area contributed by atoms with E-state index < -0.39 is 23.3 Å². The van der Waals surface area contributed by atoms with Crippen LogP contribution in [-0.4, -0.2) is 104 Å². The fraction of sp³-hybridized carbons (Fsp3) is 0.333. The minimum absolute atomic E-state index is 0. The molecule has 0 aromatic heterocycles. The first-order valence-corrected chi connectivity index (χ1v) is 12.8. The number of benzene rings is 1. The van der Waals surface area contributed by atoms with Crippen LogP contribution in [-0.2, 0) is 19.2 Å². The van der Waals surface area contributed by atoms with Crippen molar-refractivity contribution >= 4 is 76.8 Å². The molecule has 11 heteroatoms. The van der Waals surface area contributed by atoms with Crippen LogP contribution in [0.3, 0.4) is 0 Å². The number of carboxylic acid groups (broad SMARTS) is 1. The summed E-state index contributed by atoms with van der Waals surface area (Å²) in [6.45, 7) is 6.71. The van der Waals surface area contributed by atoms with Gasteiger partial charge in [0.25, 0.3) is 5.91 Å². The number of carboxylic acids is 1. The van der Waals surface area contributed by atoms with E-state index in [1.807, 2.05) is 37.3 Å². The van der Waals surface area contributed by atoms with Gasteiger partial charge in [0.05, 0.1) is 5.75 Å². The molecule has 3 amide bonds. The number of amides is 3. The van der Waals surface area contributed by atoms with E-state index in [4.69, 9.17) is 0 Å². The van der Waals surface area contributed by atoms with Crippen molar-refractivity contribution in [2.24, 2.45) is 0 Å². The third-order valence-electron chi connectivity index (χ3n) is 5.65. The summed E-state index contributed by atoms with van der Waals surface area (Å²) in [6, 6.07) is 8.70. The van der Waals surface area contributed by atoms with Crippen LogP contribution < -0.4 is 5.32 Å². The standard InChI is InChI=1S/C24H25N3O5S2.Na.H/c1-14(2)11-26-9-8-15(21(26)29)10-16-12-34-23-19(22(30)27(23)20(16)24(31)32)25-18(28)13-33-17-6-4-3-5-7-17;;/h3-7,10,19,23H,1,8-9,11-13H2,2H3,(H,25,28)(H,31,32);;/b15-10+;;/t19-,23-;;/m1../s1. The molecule has 2 fully saturated rings. The van der Waals surface area contributed by atoms with Crippen LogP contribution in [0.25, 0.3) is 0 Å². The van der Waals surface area contributed by atoms with Crippen LogP contribution in [0.5, 0.6) is 0 Å². The van der Waals surface area contributed by atoms with Crippen molar-refractivity contribution in [2.45, 2.75) is 29.7 Å². The Labute approximate surface area is 234 Å². The van der Waals surface area contributed by atoms with Crippen molar-refractivity contribution in [3.8, 4) is 0 Å². The molecule has 35 heavy (non-hydrogen) atoms. The molecule has 3 aliphatic rings. The fourth-order valence-corrected chi connectivity index (χ4v) is 6.16. The van der Waals surface area contributed by atoms with Gasteiger partial charge in [-0.25, -0.2) is 4.79 Å². The number of carbonyl (C=O) groups excluding carboxylic acids is 3. The number of hydrogen-bond acceptors (Lipinski definition) is 6. The van der Waals surface area contributed by atoms with Crippen molar-refractivity contribution in [2.75, 3.05) is 24.6 Å². The Morgan fingerprint density at radius 1 is 1.29 bits per heavy atom. The predicted octanol–water partition coefficient (Wildman–Crippen LogP) is 1.60. The average molecular weight is 524 g/mol. The van der Waals surface area contributed by atoms with Gasteiger partial charge in [0.2, 0.25) is 11.8 Å². The van der Waals surface area contributed by atoms with E-state index in [2.05, 4.69) is 11.9 Å². The number of carbonyl (C=O) groups is 4. The Morgan fingerprint density at radius 3 is 2.66 bits per heavy atom. The topological polar surface area (TPSA) is 107 Å². The number of thioether (sulfide) groups is 2. The molecule has 3 heterocycles. The van der Waals surface area contributed by atoms with Gasteiger partial charge >= 0.3 is 35.5 Å². The monoisotopic (exact) mass is 523 g/mol. The molecular weight excluding hydrogens is 497 g/mol. The SMILES string of the molecule is C=C(C)CN1CC/C(=C\C2=C(C(=O)O)N3C(=O)[C@@H](NC(=O)CSc4ccccc4)[C@H]3SC2)C1=O.[NaH]. The second-order valence-electron chi connectivity index (χ2n) is 8.34. The molecule has 1 aromatic rings. The summed E-state index contributed by atoms with van der Waals surface area (Å²) in [4.78, 5) is 53.8. The predicted molar refractivity (Wildman–Crippen MR) is 138 cm³/mol. The number of nitrogens with zero attached hydrogens (tertiary/aromatic N) is 2. The molecule has 8 nitrogen and oxygen atoms in total. The van der Waals surface area contributed by atoms with Crippen molar-refractivity contribution in [1.82, 2.24) is 15.1 Å². The molecule has 0 unspecified atom stereocenters. The molecule has 3 aliphatic heterocycles. The van der Waals surface area contributed by atoms with Crippen LogP contribution in [0, 0.1) is 0 Å². The molecule has 180 valence electrons. The Kier molecular flexibility index (Phi) is 9.34. The summed E-state index contributed by atoms with van der Waals surface area (Å²) in [6.07, 6.45) is 2.13. The number of likely N-dealkylation sites (tertiary alicyclic amines) is 1. The molecule has 0 saturated carbocycles. The molecule has 2 atom stereocenters. The Morgan fingerprint density at radius 2 is 2.00 bits per heavy atom. The van der Waals surface area contributed by atoms with Gasteiger partial charge < -0.3 is 15.3 Å². The number of fused-ring (bicyclic) bond motifs is 1. The average Bonchev–Trinajstić information content (AvgIpc) is 3.14. The van der Waals surface area contributed by atoms with E-state index in [0.29, 0.717) is 36.4 Å². The normalized spacial score (nSPS) is 22.5. The van der Waals surface area contributed by atoms with Crippen LogP contribution in [0.1, 0.15) is 13.3 Å². The van der Waals surface area contributed by atoms with E-state index in [-0.39, 0.29) is 52.8 Å². The first-order chi connectivity index (χ1) is 16.3. The Balaban J connectivity index is 0.00000342. The molecule has 0 aliphatic carbocycles. The molecule has 1 aromatic carbocycles. The van der Waals surface area contributed by atoms with Crippen LogP contribution >= 0.6 is 23.5 Å². The Hall–Kier alpha value is -1.98. The van der Waals surface area contributed by atoms with Gasteiger partial charge in [0.15, 0.2) is 0 Å². The number of rotatable bonds is 8. The molecule has 2 saturated heterocycles. The summed E-state index contributed by atoms with van der Waals surface area (Å²) in [5, 5.41) is 12.1. The van der Waals surface area contributed by atoms with E-state index in [1.165, 1.54) is 28.4 Å². The van der Waals surface area contributed by atoms with Crippen molar-refractivity contribution in [3.63, 3.8) is 0 Å². The molecule has 0 spiro atoms. The maximum absolute atomic E-state index is 12.8. The van der Waals surface area contributed by atoms with Gasteiger partial charge in [0, 0.05) is 29.3 Å². The maximum atomic E-state index is 12.8. The number of allylic oxidation sites excluding steroid dienone is 1. The van der Waals surface area contributed by atoms with Crippen LogP contribution in [0.15, 0.2) is 70.3 Å². The molecule has 4 rings (SSSR count). The second-order valence-corrected chi connectivity index (χ2v) is 10.5. The van der Waals surface area contributed by atoms with Gasteiger partial charge in [0.1, 0.15) is 17.1 Å². The quantitative estimate of drug-likeness (QED) is 0.175. The zero-order chi connectivity index (χ0) is 24.4. The summed E-state index contributed by atoms with van der Waals surface area (Å²) >= 11 is 2.75. The van der Waals surface area contributed by atoms with Gasteiger partial charge in [-0.1, -0.05) is 30.4 Å². The summed E-state index contributed by atoms with van der Waals surface area (Å²) in [5.74, 6) is -1.60. The van der Waals surface area contributed by atoms with E-state index in [1.54, 1.807) is 11.0 Å². The molecule has 0 radical (unpaired) electrons. The number of nitrogens with one attached hydrogen (secondary N) is 1. The van der Waals surface area contributed by atoms with Crippen molar-refractivity contribution in [3.05, 3.63) is 65.4 Å². The summed E-state index contributed by atoms with van der Waals surface area (Å²) < 4.78 is 0. The molecule has 0 bridgehead atoms. The van der Waals surface area contributed by atoms with Crippen molar-refractivity contribution < 1.29 is 24.3 Å². The zero-order valence-corrected chi connectivity index (χ0v) is 20.3. The zero-order valence-electron chi connectivity index (χ0n) is 18.7. The van der Waals surface area contributed by atoms with Crippen molar-refractivity contribution in [1.29, 1.82) is 0 Å². The molecule has 2 N–H and O–H groups in total. The van der Waals surface area contributed by atoms with Gasteiger partial charge in [-0.2, -0.15) is 0 Å². The first-order valence-electron chi connectivity index (χ1n) is 10.8. The van der Waals surface area contributed by atoms with E-state index in [9.17, 15) is 24.3 Å². The van der Waals surface area contributed by atoms with Crippen LogP contribution in [0.2, 0.25) is 0 Å². The fourth-order valence-electron chi connectivity index (χ4n) is 4.12.